The van der Waals surface area contributed by atoms with Gasteiger partial charge in [0.05, 0.1) is 14.1 Å². The summed E-state index contributed by atoms with van der Waals surface area (Å²) in [6.45, 7) is 0. The lowest BCUT2D eigenvalue weighted by Crippen LogP contribution is -2.43. The number of fused-ring (bicyclic) bond motifs is 1. The van der Waals surface area contributed by atoms with Gasteiger partial charge in [0.1, 0.15) is 0 Å². The molecular weight excluding hydrogens is 168 g/mol. The molecule has 2 aliphatic heterocycles. The number of hydrogen-bond donors (Lipinski definition) is 0. The van der Waals surface area contributed by atoms with Gasteiger partial charge in [-0.1, -0.05) is 0 Å². The van der Waals surface area contributed by atoms with Crippen molar-refractivity contribution in [2.45, 2.75) is 12.3 Å². The van der Waals surface area contributed by atoms with Crippen LogP contribution < -0.4 is 0 Å². The summed E-state index contributed by atoms with van der Waals surface area (Å²) in [5.74, 6) is 0. The third kappa shape index (κ3) is 0.868. The molecule has 0 aromatic heterocycles. The number of hydrogen-bond acceptors (Lipinski definition) is 2. The van der Waals surface area contributed by atoms with Gasteiger partial charge in [-0.3, -0.25) is 9.80 Å². The Labute approximate surface area is 77.8 Å². The first-order chi connectivity index (χ1) is 6.04. The van der Waals surface area contributed by atoms with Crippen LogP contribution in [0.5, 0.6) is 0 Å². The van der Waals surface area contributed by atoms with Crippen LogP contribution in [0, 0.1) is 0 Å². The zero-order valence-corrected chi connectivity index (χ0v) is 8.43. The van der Waals surface area contributed by atoms with E-state index in [0.717, 1.165) is 0 Å². The molecule has 0 saturated carbocycles. The van der Waals surface area contributed by atoms with Crippen LogP contribution in [-0.2, 0) is 0 Å². The van der Waals surface area contributed by atoms with Gasteiger partial charge in [0.2, 0.25) is 18.7 Å². The summed E-state index contributed by atoms with van der Waals surface area (Å²) in [6.07, 6.45) is 2.33. The molecule has 1 saturated heterocycles. The molecule has 0 N–H and O–H groups in total. The fourth-order valence-electron chi connectivity index (χ4n) is 2.27. The molecule has 5 heteroatoms. The lowest BCUT2D eigenvalue weighted by Gasteiger charge is -2.17. The summed E-state index contributed by atoms with van der Waals surface area (Å²) in [6, 6.07) is 0.0850. The SMILES string of the molecule is CN1C=[N+](C)C2C1N(C)C(=O)N2C. The minimum atomic E-state index is 0.0850. The average Bonchev–Trinajstić information content (AvgIpc) is 2.47. The minimum Gasteiger partial charge on any atom is -0.283 e. The summed E-state index contributed by atoms with van der Waals surface area (Å²) >= 11 is 0. The third-order valence-electron chi connectivity index (χ3n) is 2.86. The molecule has 2 atom stereocenters. The first-order valence-electron chi connectivity index (χ1n) is 4.32. The van der Waals surface area contributed by atoms with Gasteiger partial charge in [-0.05, 0) is 0 Å². The smallest absolute Gasteiger partial charge is 0.283 e. The van der Waals surface area contributed by atoms with E-state index in [4.69, 9.17) is 0 Å². The van der Waals surface area contributed by atoms with Crippen molar-refractivity contribution < 1.29 is 9.37 Å². The second-order valence-corrected chi connectivity index (χ2v) is 3.78. The van der Waals surface area contributed by atoms with E-state index in [9.17, 15) is 4.79 Å². The minimum absolute atomic E-state index is 0.0850. The van der Waals surface area contributed by atoms with Gasteiger partial charge in [-0.25, -0.2) is 14.3 Å². The van der Waals surface area contributed by atoms with Crippen LogP contribution in [0.2, 0.25) is 0 Å². The van der Waals surface area contributed by atoms with Crippen molar-refractivity contribution in [1.29, 1.82) is 0 Å². The van der Waals surface area contributed by atoms with Crippen LogP contribution >= 0.6 is 0 Å². The summed E-state index contributed by atoms with van der Waals surface area (Å²) in [5.41, 5.74) is 0. The number of carbonyl (C=O) groups is 1. The molecule has 0 aromatic rings. The van der Waals surface area contributed by atoms with E-state index < -0.39 is 0 Å². The van der Waals surface area contributed by atoms with Crippen molar-refractivity contribution in [3.8, 4) is 0 Å². The molecule has 0 bridgehead atoms. The fraction of sp³-hybridized carbons (Fsp3) is 0.750. The Morgan fingerprint density at radius 1 is 1.31 bits per heavy atom. The first kappa shape index (κ1) is 8.34. The maximum absolute atomic E-state index is 11.6. The largest absolute Gasteiger partial charge is 0.326 e. The molecule has 0 aliphatic carbocycles. The van der Waals surface area contributed by atoms with Gasteiger partial charge < -0.3 is 0 Å². The Bertz CT molecular complexity index is 288. The Hall–Kier alpha value is -1.26. The van der Waals surface area contributed by atoms with Crippen LogP contribution in [0.25, 0.3) is 0 Å². The second kappa shape index (κ2) is 2.37. The van der Waals surface area contributed by atoms with Crippen LogP contribution in [-0.4, -0.2) is 72.2 Å². The van der Waals surface area contributed by atoms with Crippen molar-refractivity contribution >= 4 is 12.4 Å². The number of urea groups is 1. The predicted molar refractivity (Wildman–Crippen MR) is 48.5 cm³/mol. The van der Waals surface area contributed by atoms with E-state index in [1.54, 1.807) is 9.80 Å². The average molecular weight is 183 g/mol. The summed E-state index contributed by atoms with van der Waals surface area (Å²) in [5, 5.41) is 0. The Balaban J connectivity index is 2.37. The summed E-state index contributed by atoms with van der Waals surface area (Å²) in [4.78, 5) is 17.2. The van der Waals surface area contributed by atoms with Crippen molar-refractivity contribution in [3.63, 3.8) is 0 Å². The van der Waals surface area contributed by atoms with Gasteiger partial charge in [-0.15, -0.1) is 0 Å². The molecule has 13 heavy (non-hydrogen) atoms. The lowest BCUT2D eigenvalue weighted by molar-refractivity contribution is -0.546. The highest BCUT2D eigenvalue weighted by atomic mass is 16.2. The zero-order valence-electron chi connectivity index (χ0n) is 8.43. The van der Waals surface area contributed by atoms with Crippen LogP contribution in [0.1, 0.15) is 0 Å². The summed E-state index contributed by atoms with van der Waals surface area (Å²) in [7, 11) is 7.66. The van der Waals surface area contributed by atoms with E-state index in [1.807, 2.05) is 34.5 Å². The maximum atomic E-state index is 11.6. The van der Waals surface area contributed by atoms with E-state index in [0.29, 0.717) is 0 Å². The first-order valence-corrected chi connectivity index (χ1v) is 4.32. The number of likely N-dealkylation sites (N-methyl/N-ethyl adjacent to an activating group) is 4. The van der Waals surface area contributed by atoms with Crippen molar-refractivity contribution in [2.75, 3.05) is 28.2 Å². The number of amides is 2. The Kier molecular flexibility index (Phi) is 1.52. The predicted octanol–water partition coefficient (Wildman–Crippen LogP) is -0.748. The van der Waals surface area contributed by atoms with Crippen molar-refractivity contribution in [1.82, 2.24) is 14.7 Å². The Morgan fingerprint density at radius 2 is 1.92 bits per heavy atom. The van der Waals surface area contributed by atoms with Crippen molar-refractivity contribution in [2.24, 2.45) is 0 Å². The number of carbonyl (C=O) groups excluding carboxylic acids is 1. The standard InChI is InChI=1S/C8H15N4O/c1-9-5-10(2)7-6(9)11(3)8(13)12(7)4/h5-7H,1-4H3/q+1. The monoisotopic (exact) mass is 183 g/mol. The molecule has 2 rings (SSSR count). The second-order valence-electron chi connectivity index (χ2n) is 3.78. The quantitative estimate of drug-likeness (QED) is 0.463. The summed E-state index contributed by atoms with van der Waals surface area (Å²) < 4.78 is 2.06. The van der Waals surface area contributed by atoms with Crippen LogP contribution in [0.4, 0.5) is 4.79 Å². The maximum Gasteiger partial charge on any atom is 0.326 e. The zero-order chi connectivity index (χ0) is 9.75. The molecule has 0 aromatic carbocycles. The van der Waals surface area contributed by atoms with Gasteiger partial charge >= 0.3 is 6.03 Å². The highest BCUT2D eigenvalue weighted by molar-refractivity contribution is 5.78. The molecule has 0 spiro atoms. The third-order valence-corrected chi connectivity index (χ3v) is 2.86. The van der Waals surface area contributed by atoms with E-state index in [-0.39, 0.29) is 18.4 Å². The molecule has 5 nitrogen and oxygen atoms in total. The van der Waals surface area contributed by atoms with Crippen LogP contribution in [0.15, 0.2) is 0 Å². The van der Waals surface area contributed by atoms with Crippen molar-refractivity contribution in [3.05, 3.63) is 0 Å². The molecule has 2 aliphatic rings. The molecule has 2 unspecified atom stereocenters. The van der Waals surface area contributed by atoms with Gasteiger partial charge in [0.25, 0.3) is 0 Å². The molecule has 1 fully saturated rings. The van der Waals surface area contributed by atoms with Crippen LogP contribution in [0.3, 0.4) is 0 Å². The number of rotatable bonds is 0. The topological polar surface area (TPSA) is 29.8 Å². The van der Waals surface area contributed by atoms with E-state index in [1.165, 1.54) is 0 Å². The fourth-order valence-corrected chi connectivity index (χ4v) is 2.27. The lowest BCUT2D eigenvalue weighted by atomic mass is 10.4. The van der Waals surface area contributed by atoms with E-state index >= 15 is 0 Å². The molecule has 72 valence electrons. The Morgan fingerprint density at radius 3 is 2.46 bits per heavy atom. The molecule has 0 radical (unpaired) electrons. The molecule has 2 amide bonds. The number of nitrogens with zero attached hydrogens (tertiary/aromatic N) is 4. The molecule has 2 heterocycles. The highest BCUT2D eigenvalue weighted by Crippen LogP contribution is 2.24. The van der Waals surface area contributed by atoms with Gasteiger partial charge in [-0.2, -0.15) is 0 Å². The normalized spacial score (nSPS) is 32.8. The molecular formula is C8H15N4O+. The van der Waals surface area contributed by atoms with Gasteiger partial charge in [0, 0.05) is 14.1 Å². The van der Waals surface area contributed by atoms with Gasteiger partial charge in [0.15, 0.2) is 0 Å². The van der Waals surface area contributed by atoms with E-state index in [2.05, 4.69) is 9.48 Å². The highest BCUT2D eigenvalue weighted by Gasteiger charge is 2.53.